The van der Waals surface area contributed by atoms with E-state index in [1.165, 1.54) is 9.87 Å². The summed E-state index contributed by atoms with van der Waals surface area (Å²) in [5, 5.41) is 0. The minimum absolute atomic E-state index is 0.134. The summed E-state index contributed by atoms with van der Waals surface area (Å²) < 4.78 is 45.0. The fourth-order valence-corrected chi connectivity index (χ4v) is 7.38. The van der Waals surface area contributed by atoms with E-state index in [0.29, 0.717) is 5.56 Å². The Hall–Kier alpha value is -2.70. The van der Waals surface area contributed by atoms with Crippen LogP contribution in [0.15, 0.2) is 59.5 Å². The Labute approximate surface area is 195 Å². The number of hydrogen-bond acceptors (Lipinski definition) is 3. The zero-order valence-corrected chi connectivity index (χ0v) is 20.5. The van der Waals surface area contributed by atoms with Crippen LogP contribution in [0.5, 0.6) is 0 Å². The summed E-state index contributed by atoms with van der Waals surface area (Å²) in [4.78, 5) is 1.99. The lowest BCUT2D eigenvalue weighted by Crippen LogP contribution is -2.49. The highest BCUT2D eigenvalue weighted by Crippen LogP contribution is 2.54. The van der Waals surface area contributed by atoms with Crippen molar-refractivity contribution in [3.8, 4) is 11.1 Å². The SMILES string of the molecule is Cc1ccc(S(=O)(=O)N2CC[C@@]3(F)c4cc(-c5c(C)cc(C)cc5C)ccc4N(C)[C@@H]23)cc1. The van der Waals surface area contributed by atoms with Crippen molar-refractivity contribution in [3.63, 3.8) is 0 Å². The molecule has 0 saturated carbocycles. The van der Waals surface area contributed by atoms with Crippen molar-refractivity contribution in [3.05, 3.63) is 82.4 Å². The van der Waals surface area contributed by atoms with Gasteiger partial charge in [0.25, 0.3) is 0 Å². The molecule has 4 nitrogen and oxygen atoms in total. The maximum Gasteiger partial charge on any atom is 0.244 e. The van der Waals surface area contributed by atoms with Crippen LogP contribution < -0.4 is 4.90 Å². The van der Waals surface area contributed by atoms with Crippen LogP contribution in [0.25, 0.3) is 11.1 Å². The summed E-state index contributed by atoms with van der Waals surface area (Å²) in [6.07, 6.45) is -0.760. The molecule has 2 atom stereocenters. The molecule has 172 valence electrons. The van der Waals surface area contributed by atoms with E-state index in [4.69, 9.17) is 0 Å². The van der Waals surface area contributed by atoms with Crippen LogP contribution >= 0.6 is 0 Å². The van der Waals surface area contributed by atoms with Gasteiger partial charge in [0, 0.05) is 31.3 Å². The van der Waals surface area contributed by atoms with Gasteiger partial charge >= 0.3 is 0 Å². The molecule has 0 unspecified atom stereocenters. The molecule has 33 heavy (non-hydrogen) atoms. The average molecular weight is 465 g/mol. The van der Waals surface area contributed by atoms with Gasteiger partial charge in [-0.25, -0.2) is 12.8 Å². The molecule has 3 aromatic carbocycles. The topological polar surface area (TPSA) is 40.6 Å². The fourth-order valence-electron chi connectivity index (χ4n) is 5.72. The van der Waals surface area contributed by atoms with Gasteiger partial charge in [-0.1, -0.05) is 41.5 Å². The molecule has 0 radical (unpaired) electrons. The van der Waals surface area contributed by atoms with Gasteiger partial charge in [0.15, 0.2) is 5.67 Å². The van der Waals surface area contributed by atoms with E-state index in [2.05, 4.69) is 32.9 Å². The first-order chi connectivity index (χ1) is 15.5. The molecule has 1 saturated heterocycles. The maximum absolute atomic E-state index is 16.7. The van der Waals surface area contributed by atoms with Gasteiger partial charge in [-0.15, -0.1) is 0 Å². The molecule has 3 aromatic rings. The smallest absolute Gasteiger partial charge is 0.244 e. The summed E-state index contributed by atoms with van der Waals surface area (Å²) in [6, 6.07) is 16.9. The summed E-state index contributed by atoms with van der Waals surface area (Å²) in [5.41, 5.74) is 6.13. The third-order valence-electron chi connectivity index (χ3n) is 7.16. The standard InChI is InChI=1S/C27H29FN2O2S/c1-17-6-9-22(10-7-17)33(31,32)30-13-12-27(28)23-16-21(8-11-24(23)29(5)26(27)30)25-19(3)14-18(2)15-20(25)4/h6-11,14-16,26H,12-13H2,1-5H3/t26-,27+/m0/s1. The molecule has 0 amide bonds. The van der Waals surface area contributed by atoms with Crippen LogP contribution in [0.4, 0.5) is 10.1 Å². The monoisotopic (exact) mass is 464 g/mol. The van der Waals surface area contributed by atoms with E-state index < -0.39 is 21.9 Å². The maximum atomic E-state index is 16.7. The fraction of sp³-hybridized carbons (Fsp3) is 0.333. The van der Waals surface area contributed by atoms with E-state index >= 15 is 4.39 Å². The molecule has 2 heterocycles. The highest BCUT2D eigenvalue weighted by molar-refractivity contribution is 7.89. The molecule has 0 spiro atoms. The largest absolute Gasteiger partial charge is 0.355 e. The number of nitrogens with zero attached hydrogens (tertiary/aromatic N) is 2. The van der Waals surface area contributed by atoms with Gasteiger partial charge in [0.05, 0.1) is 4.90 Å². The molecule has 2 aliphatic heterocycles. The van der Waals surface area contributed by atoms with Crippen LogP contribution in [0, 0.1) is 27.7 Å². The van der Waals surface area contributed by atoms with Gasteiger partial charge in [0.1, 0.15) is 6.17 Å². The molecule has 0 bridgehead atoms. The van der Waals surface area contributed by atoms with Crippen molar-refractivity contribution >= 4 is 15.7 Å². The van der Waals surface area contributed by atoms with Crippen molar-refractivity contribution in [2.75, 3.05) is 18.5 Å². The van der Waals surface area contributed by atoms with Gasteiger partial charge < -0.3 is 4.90 Å². The molecule has 6 heteroatoms. The Morgan fingerprint density at radius 3 is 2.18 bits per heavy atom. The number of hydrogen-bond donors (Lipinski definition) is 0. The Bertz CT molecular complexity index is 1340. The second-order valence-corrected chi connectivity index (χ2v) is 11.4. The van der Waals surface area contributed by atoms with Crippen LogP contribution in [-0.2, 0) is 15.7 Å². The Morgan fingerprint density at radius 2 is 1.55 bits per heavy atom. The van der Waals surface area contributed by atoms with Crippen LogP contribution in [0.2, 0.25) is 0 Å². The Kier molecular flexibility index (Phi) is 4.96. The molecular formula is C27H29FN2O2S. The lowest BCUT2D eigenvalue weighted by atomic mass is 9.89. The molecule has 0 N–H and O–H groups in total. The van der Waals surface area contributed by atoms with Crippen molar-refractivity contribution < 1.29 is 12.8 Å². The molecule has 5 rings (SSSR count). The number of benzene rings is 3. The number of likely N-dealkylation sites (N-methyl/N-ethyl adjacent to an activating group) is 1. The van der Waals surface area contributed by atoms with E-state index in [-0.39, 0.29) is 17.9 Å². The van der Waals surface area contributed by atoms with Crippen LogP contribution in [-0.4, -0.2) is 32.5 Å². The highest BCUT2D eigenvalue weighted by Gasteiger charge is 2.60. The first-order valence-corrected chi connectivity index (χ1v) is 12.7. The van der Waals surface area contributed by atoms with E-state index in [0.717, 1.165) is 33.5 Å². The third kappa shape index (κ3) is 3.22. The zero-order valence-electron chi connectivity index (χ0n) is 19.7. The summed E-state index contributed by atoms with van der Waals surface area (Å²) >= 11 is 0. The predicted molar refractivity (Wildman–Crippen MR) is 131 cm³/mol. The number of aryl methyl sites for hydroxylation is 4. The molecule has 2 aliphatic rings. The van der Waals surface area contributed by atoms with Gasteiger partial charge in [-0.3, -0.25) is 0 Å². The number of fused-ring (bicyclic) bond motifs is 3. The lowest BCUT2D eigenvalue weighted by Gasteiger charge is -2.31. The minimum Gasteiger partial charge on any atom is -0.355 e. The van der Waals surface area contributed by atoms with Crippen molar-refractivity contribution in [2.45, 2.75) is 50.8 Å². The first-order valence-electron chi connectivity index (χ1n) is 11.3. The minimum atomic E-state index is -3.83. The molecular weight excluding hydrogens is 435 g/mol. The second-order valence-electron chi connectivity index (χ2n) is 9.53. The van der Waals surface area contributed by atoms with Crippen molar-refractivity contribution in [1.82, 2.24) is 4.31 Å². The number of rotatable bonds is 3. The van der Waals surface area contributed by atoms with Gasteiger partial charge in [-0.05, 0) is 74.2 Å². The zero-order chi connectivity index (χ0) is 23.7. The third-order valence-corrected chi connectivity index (χ3v) is 9.03. The number of halogens is 1. The molecule has 0 aliphatic carbocycles. The Morgan fingerprint density at radius 1 is 0.909 bits per heavy atom. The number of sulfonamides is 1. The predicted octanol–water partition coefficient (Wildman–Crippen LogP) is 5.62. The summed E-state index contributed by atoms with van der Waals surface area (Å²) in [6.45, 7) is 8.29. The van der Waals surface area contributed by atoms with Gasteiger partial charge in [-0.2, -0.15) is 4.31 Å². The quantitative estimate of drug-likeness (QED) is 0.505. The second kappa shape index (κ2) is 7.40. The summed E-state index contributed by atoms with van der Waals surface area (Å²) in [5.74, 6) is 0. The van der Waals surface area contributed by atoms with E-state index in [9.17, 15) is 8.42 Å². The summed E-state index contributed by atoms with van der Waals surface area (Å²) in [7, 11) is -2.04. The van der Waals surface area contributed by atoms with Gasteiger partial charge in [0.2, 0.25) is 10.0 Å². The number of anilines is 1. The average Bonchev–Trinajstić information content (AvgIpc) is 3.21. The normalized spacial score (nSPS) is 22.5. The molecule has 0 aromatic heterocycles. The first kappa shape index (κ1) is 22.1. The Balaban J connectivity index is 1.59. The van der Waals surface area contributed by atoms with E-state index in [1.807, 2.05) is 25.1 Å². The van der Waals surface area contributed by atoms with Crippen molar-refractivity contribution in [1.29, 1.82) is 0 Å². The highest BCUT2D eigenvalue weighted by atomic mass is 32.2. The van der Waals surface area contributed by atoms with Crippen LogP contribution in [0.3, 0.4) is 0 Å². The molecule has 1 fully saturated rings. The lowest BCUT2D eigenvalue weighted by molar-refractivity contribution is 0.138. The van der Waals surface area contributed by atoms with E-state index in [1.54, 1.807) is 36.2 Å². The van der Waals surface area contributed by atoms with Crippen LogP contribution in [0.1, 0.15) is 34.2 Å². The van der Waals surface area contributed by atoms with Crippen molar-refractivity contribution in [2.24, 2.45) is 0 Å². The number of alkyl halides is 1.